The third-order valence-electron chi connectivity index (χ3n) is 2.90. The van der Waals surface area contributed by atoms with E-state index in [0.717, 1.165) is 11.1 Å². The van der Waals surface area contributed by atoms with Crippen LogP contribution >= 0.6 is 0 Å². The van der Waals surface area contributed by atoms with E-state index in [1.807, 2.05) is 13.8 Å². The summed E-state index contributed by atoms with van der Waals surface area (Å²) in [6.07, 6.45) is 0.802. The van der Waals surface area contributed by atoms with Gasteiger partial charge in [-0.3, -0.25) is 10.1 Å². The van der Waals surface area contributed by atoms with Gasteiger partial charge >= 0.3 is 0 Å². The van der Waals surface area contributed by atoms with Gasteiger partial charge in [0.25, 0.3) is 0 Å². The van der Waals surface area contributed by atoms with E-state index in [-0.39, 0.29) is 23.3 Å². The molecule has 0 aromatic carbocycles. The minimum atomic E-state index is -0.466. The van der Waals surface area contributed by atoms with Gasteiger partial charge in [0.05, 0.1) is 11.6 Å². The number of hydrogen-bond donors (Lipinski definition) is 0. The molecule has 1 heterocycles. The Morgan fingerprint density at radius 1 is 1.69 bits per heavy atom. The number of nitrogens with zero attached hydrogens (tertiary/aromatic N) is 3. The van der Waals surface area contributed by atoms with Gasteiger partial charge in [0, 0.05) is 18.0 Å². The van der Waals surface area contributed by atoms with Crippen molar-refractivity contribution in [1.29, 1.82) is 0 Å². The van der Waals surface area contributed by atoms with Gasteiger partial charge in [-0.05, 0) is 5.92 Å². The van der Waals surface area contributed by atoms with Crippen molar-refractivity contribution in [3.63, 3.8) is 0 Å². The molecular formula is C10H16FN3O2. The molecule has 0 spiro atoms. The lowest BCUT2D eigenvalue weighted by atomic mass is 9.89. The third-order valence-corrected chi connectivity index (χ3v) is 2.90. The first kappa shape index (κ1) is 12.6. The quantitative estimate of drug-likeness (QED) is 0.572. The standard InChI is InChI=1S/C10H16FN3O2/c1-4-7(2)8(6-14(15)16)9-5-10(11)13(3)12-9/h5,7-8H,4,6H2,1-3H3/t7?,8-/m0/s1. The molecule has 0 aliphatic carbocycles. The van der Waals surface area contributed by atoms with Crippen molar-refractivity contribution in [2.24, 2.45) is 13.0 Å². The van der Waals surface area contributed by atoms with Crippen molar-refractivity contribution >= 4 is 0 Å². The molecule has 0 radical (unpaired) electrons. The first-order valence-electron chi connectivity index (χ1n) is 5.27. The molecule has 1 unspecified atom stereocenters. The summed E-state index contributed by atoms with van der Waals surface area (Å²) < 4.78 is 14.2. The van der Waals surface area contributed by atoms with Gasteiger partial charge in [0.2, 0.25) is 12.5 Å². The average molecular weight is 229 g/mol. The smallest absolute Gasteiger partial charge is 0.212 e. The lowest BCUT2D eigenvalue weighted by molar-refractivity contribution is -0.485. The predicted molar refractivity (Wildman–Crippen MR) is 57.2 cm³/mol. The fourth-order valence-electron chi connectivity index (χ4n) is 1.66. The number of rotatable bonds is 5. The zero-order valence-corrected chi connectivity index (χ0v) is 9.68. The van der Waals surface area contributed by atoms with E-state index < -0.39 is 5.95 Å². The molecule has 1 aromatic heterocycles. The summed E-state index contributed by atoms with van der Waals surface area (Å²) in [4.78, 5) is 10.2. The second-order valence-corrected chi connectivity index (χ2v) is 4.02. The normalized spacial score (nSPS) is 14.8. The highest BCUT2D eigenvalue weighted by atomic mass is 19.1. The molecule has 0 saturated heterocycles. The number of aryl methyl sites for hydroxylation is 1. The number of nitro groups is 1. The van der Waals surface area contributed by atoms with Gasteiger partial charge in [0.15, 0.2) is 0 Å². The molecule has 0 N–H and O–H groups in total. The summed E-state index contributed by atoms with van der Waals surface area (Å²) in [7, 11) is 1.48. The minimum Gasteiger partial charge on any atom is -0.265 e. The van der Waals surface area contributed by atoms with Gasteiger partial charge in [-0.2, -0.15) is 9.49 Å². The van der Waals surface area contributed by atoms with E-state index in [2.05, 4.69) is 5.10 Å². The Kier molecular flexibility index (Phi) is 3.98. The fraction of sp³-hybridized carbons (Fsp3) is 0.700. The predicted octanol–water partition coefficient (Wildman–Crippen LogP) is 1.97. The summed E-state index contributed by atoms with van der Waals surface area (Å²) in [6.45, 7) is 3.67. The summed E-state index contributed by atoms with van der Waals surface area (Å²) >= 11 is 0. The van der Waals surface area contributed by atoms with Crippen molar-refractivity contribution in [1.82, 2.24) is 9.78 Å². The van der Waals surface area contributed by atoms with Crippen molar-refractivity contribution in [3.05, 3.63) is 27.8 Å². The Morgan fingerprint density at radius 2 is 2.31 bits per heavy atom. The maximum Gasteiger partial charge on any atom is 0.212 e. The molecule has 0 aliphatic heterocycles. The van der Waals surface area contributed by atoms with Crippen LogP contribution in [0.2, 0.25) is 0 Å². The molecular weight excluding hydrogens is 213 g/mol. The highest BCUT2D eigenvalue weighted by Gasteiger charge is 2.26. The van der Waals surface area contributed by atoms with E-state index in [1.54, 1.807) is 0 Å². The van der Waals surface area contributed by atoms with Crippen LogP contribution < -0.4 is 0 Å². The Balaban J connectivity index is 2.95. The molecule has 90 valence electrons. The van der Waals surface area contributed by atoms with Gasteiger partial charge in [-0.25, -0.2) is 4.68 Å². The van der Waals surface area contributed by atoms with Crippen LogP contribution in [0.25, 0.3) is 0 Å². The third kappa shape index (κ3) is 2.77. The molecule has 0 saturated carbocycles. The van der Waals surface area contributed by atoms with Crippen LogP contribution in [0.3, 0.4) is 0 Å². The summed E-state index contributed by atoms with van der Waals surface area (Å²) in [5, 5.41) is 14.5. The first-order valence-corrected chi connectivity index (χ1v) is 5.27. The van der Waals surface area contributed by atoms with Crippen LogP contribution in [0.1, 0.15) is 31.9 Å². The van der Waals surface area contributed by atoms with Crippen molar-refractivity contribution < 1.29 is 9.31 Å². The van der Waals surface area contributed by atoms with Crippen LogP contribution in [0, 0.1) is 22.0 Å². The topological polar surface area (TPSA) is 61.0 Å². The largest absolute Gasteiger partial charge is 0.265 e. The highest BCUT2D eigenvalue weighted by Crippen LogP contribution is 2.26. The second kappa shape index (κ2) is 5.05. The van der Waals surface area contributed by atoms with E-state index in [4.69, 9.17) is 0 Å². The Morgan fingerprint density at radius 3 is 2.69 bits per heavy atom. The maximum absolute atomic E-state index is 13.1. The van der Waals surface area contributed by atoms with E-state index in [1.165, 1.54) is 13.1 Å². The zero-order valence-electron chi connectivity index (χ0n) is 9.68. The Labute approximate surface area is 93.4 Å². The monoisotopic (exact) mass is 229 g/mol. The van der Waals surface area contributed by atoms with Crippen LogP contribution in [0.15, 0.2) is 6.07 Å². The van der Waals surface area contributed by atoms with Gasteiger partial charge in [-0.15, -0.1) is 0 Å². The van der Waals surface area contributed by atoms with E-state index >= 15 is 0 Å². The summed E-state index contributed by atoms with van der Waals surface area (Å²) in [5.41, 5.74) is 0.464. The van der Waals surface area contributed by atoms with Crippen molar-refractivity contribution in [3.8, 4) is 0 Å². The lowest BCUT2D eigenvalue weighted by Gasteiger charge is -2.16. The molecule has 16 heavy (non-hydrogen) atoms. The molecule has 6 heteroatoms. The van der Waals surface area contributed by atoms with Gasteiger partial charge in [-0.1, -0.05) is 20.3 Å². The molecule has 2 atom stereocenters. The molecule has 5 nitrogen and oxygen atoms in total. The minimum absolute atomic E-state index is 0.111. The lowest BCUT2D eigenvalue weighted by Crippen LogP contribution is -2.19. The molecule has 1 aromatic rings. The second-order valence-electron chi connectivity index (χ2n) is 4.02. The molecule has 0 bridgehead atoms. The molecule has 1 rings (SSSR count). The SMILES string of the molecule is CCC(C)[C@H](C[N+](=O)[O-])c1cc(F)n(C)n1. The molecule has 0 fully saturated rings. The van der Waals surface area contributed by atoms with Crippen molar-refractivity contribution in [2.75, 3.05) is 6.54 Å². The average Bonchev–Trinajstić information content (AvgIpc) is 2.54. The Hall–Kier alpha value is -1.46. The summed E-state index contributed by atoms with van der Waals surface area (Å²) in [6, 6.07) is 1.28. The van der Waals surface area contributed by atoms with Gasteiger partial charge < -0.3 is 0 Å². The van der Waals surface area contributed by atoms with Crippen molar-refractivity contribution in [2.45, 2.75) is 26.2 Å². The zero-order chi connectivity index (χ0) is 12.3. The highest BCUT2D eigenvalue weighted by molar-refractivity contribution is 5.09. The molecule has 0 amide bonds. The number of halogens is 1. The van der Waals surface area contributed by atoms with Crippen LogP contribution in [-0.4, -0.2) is 21.2 Å². The maximum atomic E-state index is 13.1. The van der Waals surface area contributed by atoms with Gasteiger partial charge in [0.1, 0.15) is 0 Å². The van der Waals surface area contributed by atoms with Crippen LogP contribution in [0.4, 0.5) is 4.39 Å². The van der Waals surface area contributed by atoms with E-state index in [9.17, 15) is 14.5 Å². The van der Waals surface area contributed by atoms with Crippen LogP contribution in [0.5, 0.6) is 0 Å². The first-order chi connectivity index (χ1) is 7.45. The summed E-state index contributed by atoms with van der Waals surface area (Å²) in [5.74, 6) is -0.679. The molecule has 0 aliphatic rings. The number of hydrogen-bond acceptors (Lipinski definition) is 3. The fourth-order valence-corrected chi connectivity index (χ4v) is 1.66. The van der Waals surface area contributed by atoms with Crippen LogP contribution in [-0.2, 0) is 7.05 Å². The van der Waals surface area contributed by atoms with E-state index in [0.29, 0.717) is 5.69 Å². The Bertz CT molecular complexity index is 359. The number of aromatic nitrogens is 2.